The first-order valence-corrected chi connectivity index (χ1v) is 6.35. The molecule has 2 aromatic heterocycles. The summed E-state index contributed by atoms with van der Waals surface area (Å²) in [6.45, 7) is 5.33. The SMILES string of the molecule is Cc1nc(C)c(C(=O)CC(=O)c2ccoc2C)s1. The third-order valence-electron chi connectivity index (χ3n) is 2.64. The van der Waals surface area contributed by atoms with Crippen LogP contribution in [0, 0.1) is 20.8 Å². The van der Waals surface area contributed by atoms with Crippen LogP contribution in [-0.2, 0) is 0 Å². The fraction of sp³-hybridized carbons (Fsp3) is 0.308. The molecule has 0 unspecified atom stereocenters. The molecule has 0 atom stereocenters. The van der Waals surface area contributed by atoms with E-state index in [0.717, 1.165) is 5.01 Å². The lowest BCUT2D eigenvalue weighted by atomic mass is 10.1. The second-order valence-electron chi connectivity index (χ2n) is 4.06. The van der Waals surface area contributed by atoms with Crippen LogP contribution in [-0.4, -0.2) is 16.6 Å². The quantitative estimate of drug-likeness (QED) is 0.628. The van der Waals surface area contributed by atoms with Crippen LogP contribution in [0.4, 0.5) is 0 Å². The van der Waals surface area contributed by atoms with E-state index in [-0.39, 0.29) is 18.0 Å². The molecule has 2 rings (SSSR count). The molecule has 0 bridgehead atoms. The van der Waals surface area contributed by atoms with Gasteiger partial charge in [0.25, 0.3) is 0 Å². The maximum atomic E-state index is 12.0. The van der Waals surface area contributed by atoms with E-state index in [0.29, 0.717) is 21.9 Å². The molecular formula is C13H13NO3S. The first-order chi connectivity index (χ1) is 8.49. The van der Waals surface area contributed by atoms with Gasteiger partial charge in [0.1, 0.15) is 5.76 Å². The Morgan fingerprint density at radius 2 is 2.00 bits per heavy atom. The van der Waals surface area contributed by atoms with Gasteiger partial charge in [0.15, 0.2) is 11.6 Å². The predicted molar refractivity (Wildman–Crippen MR) is 68.3 cm³/mol. The van der Waals surface area contributed by atoms with Gasteiger partial charge in [-0.15, -0.1) is 11.3 Å². The lowest BCUT2D eigenvalue weighted by Crippen LogP contribution is -2.08. The van der Waals surface area contributed by atoms with Gasteiger partial charge in [-0.05, 0) is 26.8 Å². The summed E-state index contributed by atoms with van der Waals surface area (Å²) in [6, 6.07) is 1.59. The number of aromatic nitrogens is 1. The van der Waals surface area contributed by atoms with Gasteiger partial charge >= 0.3 is 0 Å². The number of rotatable bonds is 4. The number of carbonyl (C=O) groups is 2. The Morgan fingerprint density at radius 3 is 2.50 bits per heavy atom. The first kappa shape index (κ1) is 12.7. The number of hydrogen-bond donors (Lipinski definition) is 0. The van der Waals surface area contributed by atoms with E-state index in [1.54, 1.807) is 19.9 Å². The molecule has 0 saturated carbocycles. The molecule has 0 saturated heterocycles. The molecule has 94 valence electrons. The smallest absolute Gasteiger partial charge is 0.182 e. The molecule has 0 aliphatic carbocycles. The maximum absolute atomic E-state index is 12.0. The van der Waals surface area contributed by atoms with E-state index >= 15 is 0 Å². The van der Waals surface area contributed by atoms with E-state index in [2.05, 4.69) is 4.98 Å². The standard InChI is InChI=1S/C13H13NO3S/c1-7-13(18-9(3)14-7)12(16)6-11(15)10-4-5-17-8(10)2/h4-5H,6H2,1-3H3. The summed E-state index contributed by atoms with van der Waals surface area (Å²) in [4.78, 5) is 28.7. The van der Waals surface area contributed by atoms with Gasteiger partial charge in [-0.25, -0.2) is 4.98 Å². The summed E-state index contributed by atoms with van der Waals surface area (Å²) in [5.41, 5.74) is 1.17. The Labute approximate surface area is 109 Å². The third-order valence-corrected chi connectivity index (χ3v) is 3.75. The zero-order valence-electron chi connectivity index (χ0n) is 10.4. The van der Waals surface area contributed by atoms with Crippen LogP contribution in [0.3, 0.4) is 0 Å². The van der Waals surface area contributed by atoms with Crippen LogP contribution in [0.1, 0.15) is 42.9 Å². The number of Topliss-reactive ketones (excluding diaryl/α,β-unsaturated/α-hetero) is 2. The molecule has 2 aromatic rings. The molecule has 0 radical (unpaired) electrons. The molecule has 4 nitrogen and oxygen atoms in total. The highest BCUT2D eigenvalue weighted by atomic mass is 32.1. The normalized spacial score (nSPS) is 10.6. The lowest BCUT2D eigenvalue weighted by Gasteiger charge is -1.98. The van der Waals surface area contributed by atoms with Gasteiger partial charge in [-0.1, -0.05) is 0 Å². The van der Waals surface area contributed by atoms with E-state index < -0.39 is 0 Å². The maximum Gasteiger partial charge on any atom is 0.182 e. The minimum Gasteiger partial charge on any atom is -0.469 e. The van der Waals surface area contributed by atoms with Gasteiger partial charge in [0, 0.05) is 0 Å². The van der Waals surface area contributed by atoms with Crippen molar-refractivity contribution in [3.05, 3.63) is 39.2 Å². The topological polar surface area (TPSA) is 60.2 Å². The van der Waals surface area contributed by atoms with Crippen molar-refractivity contribution in [2.45, 2.75) is 27.2 Å². The molecule has 0 spiro atoms. The van der Waals surface area contributed by atoms with E-state index in [4.69, 9.17) is 4.42 Å². The number of hydrogen-bond acceptors (Lipinski definition) is 5. The molecule has 0 aliphatic heterocycles. The van der Waals surface area contributed by atoms with Crippen molar-refractivity contribution in [1.29, 1.82) is 0 Å². The van der Waals surface area contributed by atoms with Crippen LogP contribution in [0.5, 0.6) is 0 Å². The Kier molecular flexibility index (Phi) is 3.43. The zero-order chi connectivity index (χ0) is 13.3. The zero-order valence-corrected chi connectivity index (χ0v) is 11.3. The van der Waals surface area contributed by atoms with Crippen LogP contribution in [0.25, 0.3) is 0 Å². The summed E-state index contributed by atoms with van der Waals surface area (Å²) < 4.78 is 5.06. The van der Waals surface area contributed by atoms with Crippen molar-refractivity contribution in [1.82, 2.24) is 4.98 Å². The van der Waals surface area contributed by atoms with E-state index in [9.17, 15) is 9.59 Å². The summed E-state index contributed by atoms with van der Waals surface area (Å²) in [5.74, 6) is 0.158. The molecule has 0 amide bonds. The fourth-order valence-electron chi connectivity index (χ4n) is 1.79. The fourth-order valence-corrected chi connectivity index (χ4v) is 2.64. The highest BCUT2D eigenvalue weighted by molar-refractivity contribution is 7.13. The van der Waals surface area contributed by atoms with Crippen molar-refractivity contribution in [2.75, 3.05) is 0 Å². The molecule has 0 N–H and O–H groups in total. The summed E-state index contributed by atoms with van der Waals surface area (Å²) >= 11 is 1.33. The number of carbonyl (C=O) groups excluding carboxylic acids is 2. The number of furan rings is 1. The largest absolute Gasteiger partial charge is 0.469 e. The highest BCUT2D eigenvalue weighted by Gasteiger charge is 2.20. The average Bonchev–Trinajstić information content (AvgIpc) is 2.84. The predicted octanol–water partition coefficient (Wildman–Crippen LogP) is 3.12. The van der Waals surface area contributed by atoms with Crippen LogP contribution < -0.4 is 0 Å². The third kappa shape index (κ3) is 2.41. The minimum absolute atomic E-state index is 0.136. The van der Waals surface area contributed by atoms with Crippen molar-refractivity contribution in [3.8, 4) is 0 Å². The van der Waals surface area contributed by atoms with Crippen molar-refractivity contribution >= 4 is 22.9 Å². The molecule has 0 aromatic carbocycles. The van der Waals surface area contributed by atoms with Gasteiger partial charge in [-0.2, -0.15) is 0 Å². The van der Waals surface area contributed by atoms with Crippen LogP contribution in [0.2, 0.25) is 0 Å². The molecule has 5 heteroatoms. The minimum atomic E-state index is -0.211. The first-order valence-electron chi connectivity index (χ1n) is 5.53. The Balaban J connectivity index is 2.16. The average molecular weight is 263 g/mol. The van der Waals surface area contributed by atoms with E-state index in [1.807, 2.05) is 6.92 Å². The van der Waals surface area contributed by atoms with Crippen molar-refractivity contribution in [2.24, 2.45) is 0 Å². The number of aryl methyl sites for hydroxylation is 3. The summed E-state index contributed by atoms with van der Waals surface area (Å²) in [6.07, 6.45) is 1.32. The number of nitrogens with zero attached hydrogens (tertiary/aromatic N) is 1. The summed E-state index contributed by atoms with van der Waals surface area (Å²) in [7, 11) is 0. The van der Waals surface area contributed by atoms with E-state index in [1.165, 1.54) is 17.6 Å². The second-order valence-corrected chi connectivity index (χ2v) is 5.26. The van der Waals surface area contributed by atoms with Crippen LogP contribution in [0.15, 0.2) is 16.7 Å². The van der Waals surface area contributed by atoms with Crippen molar-refractivity contribution in [3.63, 3.8) is 0 Å². The highest BCUT2D eigenvalue weighted by Crippen LogP contribution is 2.20. The van der Waals surface area contributed by atoms with Gasteiger partial charge in [0.2, 0.25) is 0 Å². The van der Waals surface area contributed by atoms with Gasteiger partial charge < -0.3 is 4.42 Å². The number of ketones is 2. The second kappa shape index (κ2) is 4.86. The molecule has 18 heavy (non-hydrogen) atoms. The molecular weight excluding hydrogens is 250 g/mol. The molecule has 0 aliphatic rings. The Hall–Kier alpha value is -1.75. The lowest BCUT2D eigenvalue weighted by molar-refractivity contribution is 0.0895. The molecule has 0 fully saturated rings. The monoisotopic (exact) mass is 263 g/mol. The van der Waals surface area contributed by atoms with Gasteiger partial charge in [-0.3, -0.25) is 9.59 Å². The number of thiazole rings is 1. The van der Waals surface area contributed by atoms with Crippen LogP contribution >= 0.6 is 11.3 Å². The molecule has 2 heterocycles. The Morgan fingerprint density at radius 1 is 1.28 bits per heavy atom. The van der Waals surface area contributed by atoms with Gasteiger partial charge in [0.05, 0.1) is 33.8 Å². The van der Waals surface area contributed by atoms with Crippen molar-refractivity contribution < 1.29 is 14.0 Å². The Bertz CT molecular complexity index is 610. The summed E-state index contributed by atoms with van der Waals surface area (Å²) in [5, 5.41) is 0.836.